The Morgan fingerprint density at radius 2 is 2.07 bits per heavy atom. The van der Waals surface area contributed by atoms with Crippen LogP contribution in [0.3, 0.4) is 0 Å². The van der Waals surface area contributed by atoms with Crippen molar-refractivity contribution < 1.29 is 13.9 Å². The van der Waals surface area contributed by atoms with Crippen molar-refractivity contribution in [2.45, 2.75) is 24.9 Å². The van der Waals surface area contributed by atoms with E-state index >= 15 is 0 Å². The monoisotopic (exact) mass is 213 g/mol. The van der Waals surface area contributed by atoms with Crippen LogP contribution >= 0.6 is 0 Å². The quantitative estimate of drug-likeness (QED) is 0.798. The molecule has 1 aliphatic carbocycles. The number of nitrogens with one attached hydrogen (secondary N) is 1. The van der Waals surface area contributed by atoms with Crippen LogP contribution < -0.4 is 5.32 Å². The molecular formula is C11H13F2NO. The number of benzene rings is 1. The van der Waals surface area contributed by atoms with Gasteiger partial charge in [-0.3, -0.25) is 0 Å². The van der Waals surface area contributed by atoms with Gasteiger partial charge >= 0.3 is 0 Å². The van der Waals surface area contributed by atoms with Crippen LogP contribution in [0.25, 0.3) is 0 Å². The van der Waals surface area contributed by atoms with E-state index in [4.69, 9.17) is 5.11 Å². The van der Waals surface area contributed by atoms with Crippen LogP contribution in [0.5, 0.6) is 0 Å². The summed E-state index contributed by atoms with van der Waals surface area (Å²) in [6.07, 6.45) is 2.17. The van der Waals surface area contributed by atoms with Crippen LogP contribution in [0, 0.1) is 11.6 Å². The third-order valence-electron chi connectivity index (χ3n) is 2.54. The fourth-order valence-electron chi connectivity index (χ4n) is 1.52. The molecule has 4 heteroatoms. The second kappa shape index (κ2) is 4.24. The zero-order valence-corrected chi connectivity index (χ0v) is 8.21. The first-order chi connectivity index (χ1) is 7.20. The molecule has 15 heavy (non-hydrogen) atoms. The lowest BCUT2D eigenvalue weighted by Crippen LogP contribution is -2.26. The summed E-state index contributed by atoms with van der Waals surface area (Å²) in [4.78, 5) is 0. The molecule has 1 saturated carbocycles. The van der Waals surface area contributed by atoms with Crippen LogP contribution in [0.1, 0.15) is 24.4 Å². The van der Waals surface area contributed by atoms with Crippen molar-refractivity contribution in [3.05, 3.63) is 35.4 Å². The maximum absolute atomic E-state index is 12.9. The summed E-state index contributed by atoms with van der Waals surface area (Å²) in [7, 11) is 0. The number of aliphatic hydroxyl groups is 1. The fourth-order valence-corrected chi connectivity index (χ4v) is 1.52. The molecule has 0 bridgehead atoms. The van der Waals surface area contributed by atoms with Crippen molar-refractivity contribution in [1.82, 2.24) is 5.32 Å². The van der Waals surface area contributed by atoms with E-state index in [0.29, 0.717) is 11.6 Å². The molecule has 0 aliphatic heterocycles. The number of hydrogen-bond acceptors (Lipinski definition) is 2. The van der Waals surface area contributed by atoms with Crippen molar-refractivity contribution in [3.63, 3.8) is 0 Å². The van der Waals surface area contributed by atoms with Crippen LogP contribution in [-0.4, -0.2) is 17.8 Å². The lowest BCUT2D eigenvalue weighted by atomic mass is 10.1. The highest BCUT2D eigenvalue weighted by Crippen LogP contribution is 2.24. The Morgan fingerprint density at radius 3 is 2.60 bits per heavy atom. The zero-order chi connectivity index (χ0) is 10.8. The second-order valence-electron chi connectivity index (χ2n) is 3.85. The number of aliphatic hydroxyl groups excluding tert-OH is 1. The first-order valence-corrected chi connectivity index (χ1v) is 5.02. The summed E-state index contributed by atoms with van der Waals surface area (Å²) in [6, 6.07) is 3.82. The van der Waals surface area contributed by atoms with Crippen LogP contribution in [0.15, 0.2) is 18.2 Å². The van der Waals surface area contributed by atoms with Crippen molar-refractivity contribution in [3.8, 4) is 0 Å². The highest BCUT2D eigenvalue weighted by molar-refractivity contribution is 5.21. The molecule has 0 saturated heterocycles. The number of hydrogen-bond donors (Lipinski definition) is 2. The van der Waals surface area contributed by atoms with Crippen molar-refractivity contribution in [2.24, 2.45) is 0 Å². The van der Waals surface area contributed by atoms with Crippen molar-refractivity contribution in [2.75, 3.05) is 6.61 Å². The van der Waals surface area contributed by atoms with Gasteiger partial charge < -0.3 is 10.4 Å². The van der Waals surface area contributed by atoms with E-state index in [1.54, 1.807) is 0 Å². The first kappa shape index (κ1) is 10.5. The SMILES string of the molecule is OCC(NC1CC1)c1ccc(F)c(F)c1. The third kappa shape index (κ3) is 2.52. The minimum atomic E-state index is -0.872. The molecule has 0 heterocycles. The topological polar surface area (TPSA) is 32.3 Å². The van der Waals surface area contributed by atoms with Crippen molar-refractivity contribution >= 4 is 0 Å². The molecular weight excluding hydrogens is 200 g/mol. The molecule has 2 rings (SSSR count). The minimum absolute atomic E-state index is 0.110. The summed E-state index contributed by atoms with van der Waals surface area (Å²) < 4.78 is 25.6. The third-order valence-corrected chi connectivity index (χ3v) is 2.54. The van der Waals surface area contributed by atoms with Gasteiger partial charge in [0.25, 0.3) is 0 Å². The lowest BCUT2D eigenvalue weighted by Gasteiger charge is -2.16. The van der Waals surface area contributed by atoms with Gasteiger partial charge in [0.2, 0.25) is 0 Å². The molecule has 0 aromatic heterocycles. The van der Waals surface area contributed by atoms with Gasteiger partial charge in [-0.25, -0.2) is 8.78 Å². The second-order valence-corrected chi connectivity index (χ2v) is 3.85. The normalized spacial score (nSPS) is 17.8. The van der Waals surface area contributed by atoms with Gasteiger partial charge in [0.05, 0.1) is 12.6 Å². The summed E-state index contributed by atoms with van der Waals surface area (Å²) in [5, 5.41) is 12.3. The van der Waals surface area contributed by atoms with E-state index in [2.05, 4.69) is 5.32 Å². The summed E-state index contributed by atoms with van der Waals surface area (Å²) >= 11 is 0. The molecule has 1 atom stereocenters. The van der Waals surface area contributed by atoms with Gasteiger partial charge in [-0.15, -0.1) is 0 Å². The van der Waals surface area contributed by atoms with Gasteiger partial charge in [-0.05, 0) is 30.5 Å². The molecule has 2 N–H and O–H groups in total. The van der Waals surface area contributed by atoms with E-state index in [0.717, 1.165) is 25.0 Å². The summed E-state index contributed by atoms with van der Waals surface area (Å²) in [5.41, 5.74) is 0.586. The minimum Gasteiger partial charge on any atom is -0.394 e. The average molecular weight is 213 g/mol. The Morgan fingerprint density at radius 1 is 1.33 bits per heavy atom. The average Bonchev–Trinajstić information content (AvgIpc) is 3.02. The summed E-state index contributed by atoms with van der Waals surface area (Å²) in [6.45, 7) is -0.110. The van der Waals surface area contributed by atoms with Crippen LogP contribution in [0.4, 0.5) is 8.78 Å². The molecule has 1 aromatic rings. The molecule has 0 radical (unpaired) electrons. The molecule has 1 unspecified atom stereocenters. The van der Waals surface area contributed by atoms with Crippen molar-refractivity contribution in [1.29, 1.82) is 0 Å². The number of rotatable bonds is 4. The van der Waals surface area contributed by atoms with E-state index < -0.39 is 11.6 Å². The van der Waals surface area contributed by atoms with Gasteiger partial charge in [0, 0.05) is 6.04 Å². The molecule has 1 aromatic carbocycles. The fraction of sp³-hybridized carbons (Fsp3) is 0.455. The standard InChI is InChI=1S/C11H13F2NO/c12-9-4-1-7(5-10(9)13)11(6-15)14-8-2-3-8/h1,4-5,8,11,14-15H,2-3,6H2. The lowest BCUT2D eigenvalue weighted by molar-refractivity contribution is 0.243. The molecule has 2 nitrogen and oxygen atoms in total. The molecule has 1 fully saturated rings. The van der Waals surface area contributed by atoms with E-state index in [-0.39, 0.29) is 12.6 Å². The van der Waals surface area contributed by atoms with Gasteiger partial charge in [0.1, 0.15) is 0 Å². The Kier molecular flexibility index (Phi) is 2.98. The Hall–Kier alpha value is -1.00. The molecule has 1 aliphatic rings. The van der Waals surface area contributed by atoms with E-state index in [1.165, 1.54) is 6.07 Å². The van der Waals surface area contributed by atoms with E-state index in [1.807, 2.05) is 0 Å². The van der Waals surface area contributed by atoms with Gasteiger partial charge in [-0.1, -0.05) is 6.07 Å². The largest absolute Gasteiger partial charge is 0.394 e. The van der Waals surface area contributed by atoms with Gasteiger partial charge in [-0.2, -0.15) is 0 Å². The summed E-state index contributed by atoms with van der Waals surface area (Å²) in [5.74, 6) is -1.73. The Balaban J connectivity index is 2.13. The Labute approximate surface area is 86.9 Å². The highest BCUT2D eigenvalue weighted by Gasteiger charge is 2.25. The molecule has 0 spiro atoms. The first-order valence-electron chi connectivity index (χ1n) is 5.02. The maximum Gasteiger partial charge on any atom is 0.159 e. The maximum atomic E-state index is 12.9. The molecule has 0 amide bonds. The molecule has 82 valence electrons. The smallest absolute Gasteiger partial charge is 0.159 e. The van der Waals surface area contributed by atoms with Crippen LogP contribution in [0.2, 0.25) is 0 Å². The predicted molar refractivity (Wildman–Crippen MR) is 52.3 cm³/mol. The van der Waals surface area contributed by atoms with Gasteiger partial charge in [0.15, 0.2) is 11.6 Å². The van der Waals surface area contributed by atoms with E-state index in [9.17, 15) is 8.78 Å². The van der Waals surface area contributed by atoms with Crippen LogP contribution in [-0.2, 0) is 0 Å². The zero-order valence-electron chi connectivity index (χ0n) is 8.21. The number of halogens is 2. The Bertz CT molecular complexity index is 352. The highest BCUT2D eigenvalue weighted by atomic mass is 19.2. The predicted octanol–water partition coefficient (Wildman–Crippen LogP) is 1.75.